The number of aliphatic hydroxyl groups excluding tert-OH is 1. The molecule has 1 aromatic rings. The SMILES string of the molecule is COc1cccc([C@H](O)C(F)(F)F)c1OC. The number of hydrogen-bond donors (Lipinski definition) is 1. The molecule has 6 heteroatoms. The van der Waals surface area contributed by atoms with Crippen LogP contribution in [0.25, 0.3) is 0 Å². The predicted octanol–water partition coefficient (Wildman–Crippen LogP) is 2.30. The fraction of sp³-hybridized carbons (Fsp3) is 0.400. The van der Waals surface area contributed by atoms with E-state index >= 15 is 0 Å². The molecular weight excluding hydrogens is 225 g/mol. The monoisotopic (exact) mass is 236 g/mol. The van der Waals surface area contributed by atoms with E-state index in [4.69, 9.17) is 14.6 Å². The lowest BCUT2D eigenvalue weighted by Gasteiger charge is -2.18. The van der Waals surface area contributed by atoms with Crippen LogP contribution in [0, 0.1) is 0 Å². The molecule has 0 aromatic heterocycles. The van der Waals surface area contributed by atoms with Gasteiger partial charge in [0.05, 0.1) is 14.2 Å². The number of ether oxygens (including phenoxy) is 2. The number of methoxy groups -OCH3 is 2. The molecule has 0 heterocycles. The molecule has 0 unspecified atom stereocenters. The molecule has 0 fully saturated rings. The van der Waals surface area contributed by atoms with Crippen molar-refractivity contribution in [1.29, 1.82) is 0 Å². The lowest BCUT2D eigenvalue weighted by molar-refractivity contribution is -0.207. The summed E-state index contributed by atoms with van der Waals surface area (Å²) in [5, 5.41) is 9.13. The van der Waals surface area contributed by atoms with Gasteiger partial charge in [0.15, 0.2) is 17.6 Å². The Hall–Kier alpha value is -1.43. The van der Waals surface area contributed by atoms with Crippen LogP contribution < -0.4 is 9.47 Å². The predicted molar refractivity (Wildman–Crippen MR) is 50.6 cm³/mol. The van der Waals surface area contributed by atoms with Gasteiger partial charge in [-0.2, -0.15) is 13.2 Å². The van der Waals surface area contributed by atoms with E-state index < -0.39 is 12.3 Å². The van der Waals surface area contributed by atoms with E-state index in [0.29, 0.717) is 0 Å². The van der Waals surface area contributed by atoms with Gasteiger partial charge >= 0.3 is 6.18 Å². The molecule has 0 amide bonds. The normalized spacial score (nSPS) is 13.4. The fourth-order valence-corrected chi connectivity index (χ4v) is 1.30. The summed E-state index contributed by atoms with van der Waals surface area (Å²) in [6.07, 6.45) is -7.32. The van der Waals surface area contributed by atoms with Crippen molar-refractivity contribution in [2.24, 2.45) is 0 Å². The highest BCUT2D eigenvalue weighted by atomic mass is 19.4. The molecule has 1 atom stereocenters. The van der Waals surface area contributed by atoms with Gasteiger partial charge in [-0.15, -0.1) is 0 Å². The molecule has 16 heavy (non-hydrogen) atoms. The summed E-state index contributed by atoms with van der Waals surface area (Å²) in [5.74, 6) is 0.0260. The maximum atomic E-state index is 12.3. The number of alkyl halides is 3. The Morgan fingerprint density at radius 3 is 2.25 bits per heavy atom. The average molecular weight is 236 g/mol. The van der Waals surface area contributed by atoms with Gasteiger partial charge in [-0.3, -0.25) is 0 Å². The summed E-state index contributed by atoms with van der Waals surface area (Å²) in [6, 6.07) is 3.94. The molecule has 1 N–H and O–H groups in total. The molecule has 1 aromatic carbocycles. The number of rotatable bonds is 3. The summed E-state index contributed by atoms with van der Waals surface area (Å²) >= 11 is 0. The number of benzene rings is 1. The minimum absolute atomic E-state index is 0.116. The molecular formula is C10H11F3O3. The van der Waals surface area contributed by atoms with Crippen molar-refractivity contribution in [3.05, 3.63) is 23.8 Å². The van der Waals surface area contributed by atoms with Crippen molar-refractivity contribution in [3.63, 3.8) is 0 Å². The van der Waals surface area contributed by atoms with Gasteiger partial charge in [0.1, 0.15) is 0 Å². The minimum Gasteiger partial charge on any atom is -0.493 e. The summed E-state index contributed by atoms with van der Waals surface area (Å²) in [6.45, 7) is 0. The zero-order chi connectivity index (χ0) is 12.3. The van der Waals surface area contributed by atoms with Crippen molar-refractivity contribution in [2.45, 2.75) is 12.3 Å². The van der Waals surface area contributed by atoms with Crippen LogP contribution in [0.15, 0.2) is 18.2 Å². The van der Waals surface area contributed by atoms with Crippen LogP contribution in [-0.4, -0.2) is 25.5 Å². The van der Waals surface area contributed by atoms with E-state index in [1.807, 2.05) is 0 Å². The Balaban J connectivity index is 3.23. The topological polar surface area (TPSA) is 38.7 Å². The quantitative estimate of drug-likeness (QED) is 0.875. The molecule has 0 aliphatic rings. The first-order valence-corrected chi connectivity index (χ1v) is 4.37. The van der Waals surface area contributed by atoms with E-state index in [9.17, 15) is 13.2 Å². The Labute approximate surface area is 90.4 Å². The molecule has 0 saturated carbocycles. The first kappa shape index (κ1) is 12.6. The molecule has 3 nitrogen and oxygen atoms in total. The lowest BCUT2D eigenvalue weighted by Crippen LogP contribution is -2.20. The maximum absolute atomic E-state index is 12.3. The van der Waals surface area contributed by atoms with E-state index in [2.05, 4.69) is 0 Å². The van der Waals surface area contributed by atoms with Gasteiger partial charge in [-0.1, -0.05) is 12.1 Å². The number of aliphatic hydroxyl groups is 1. The zero-order valence-electron chi connectivity index (χ0n) is 8.71. The Morgan fingerprint density at radius 1 is 1.19 bits per heavy atom. The Kier molecular flexibility index (Phi) is 3.64. The lowest BCUT2D eigenvalue weighted by atomic mass is 10.1. The second-order valence-corrected chi connectivity index (χ2v) is 3.03. The van der Waals surface area contributed by atoms with E-state index in [1.165, 1.54) is 26.4 Å². The second-order valence-electron chi connectivity index (χ2n) is 3.03. The third-order valence-corrected chi connectivity index (χ3v) is 2.04. The van der Waals surface area contributed by atoms with Crippen molar-refractivity contribution in [1.82, 2.24) is 0 Å². The molecule has 0 bridgehead atoms. The van der Waals surface area contributed by atoms with Gasteiger partial charge in [-0.05, 0) is 6.07 Å². The largest absolute Gasteiger partial charge is 0.493 e. The molecule has 0 radical (unpaired) electrons. The summed E-state index contributed by atoms with van der Waals surface area (Å²) < 4.78 is 46.7. The molecule has 0 aliphatic heterocycles. The average Bonchev–Trinajstić information content (AvgIpc) is 2.25. The first-order chi connectivity index (χ1) is 7.41. The van der Waals surface area contributed by atoms with Gasteiger partial charge in [0, 0.05) is 5.56 Å². The third kappa shape index (κ3) is 2.38. The third-order valence-electron chi connectivity index (χ3n) is 2.04. The summed E-state index contributed by atoms with van der Waals surface area (Å²) in [7, 11) is 2.52. The van der Waals surface area contributed by atoms with Crippen LogP contribution >= 0.6 is 0 Å². The molecule has 0 saturated heterocycles. The van der Waals surface area contributed by atoms with Crippen LogP contribution in [0.1, 0.15) is 11.7 Å². The van der Waals surface area contributed by atoms with Crippen LogP contribution in [0.2, 0.25) is 0 Å². The minimum atomic E-state index is -4.74. The molecule has 0 spiro atoms. The van der Waals surface area contributed by atoms with Crippen LogP contribution in [-0.2, 0) is 0 Å². The number of hydrogen-bond acceptors (Lipinski definition) is 3. The Morgan fingerprint density at radius 2 is 1.81 bits per heavy atom. The molecule has 90 valence electrons. The van der Waals surface area contributed by atoms with E-state index in [1.54, 1.807) is 0 Å². The van der Waals surface area contributed by atoms with Crippen LogP contribution in [0.4, 0.5) is 13.2 Å². The fourth-order valence-electron chi connectivity index (χ4n) is 1.30. The second kappa shape index (κ2) is 4.61. The maximum Gasteiger partial charge on any atom is 0.418 e. The van der Waals surface area contributed by atoms with Crippen molar-refractivity contribution in [3.8, 4) is 11.5 Å². The van der Waals surface area contributed by atoms with Gasteiger partial charge in [0.2, 0.25) is 0 Å². The highest BCUT2D eigenvalue weighted by Gasteiger charge is 2.41. The van der Waals surface area contributed by atoms with Crippen LogP contribution in [0.5, 0.6) is 11.5 Å². The highest BCUT2D eigenvalue weighted by Crippen LogP contribution is 2.41. The molecule has 0 aliphatic carbocycles. The standard InChI is InChI=1S/C10H11F3O3/c1-15-7-5-3-4-6(8(7)16-2)9(14)10(11,12)13/h3-5,9,14H,1-2H3/t9-/m0/s1. The summed E-state index contributed by atoms with van der Waals surface area (Å²) in [5.41, 5.74) is -0.366. The van der Waals surface area contributed by atoms with Gasteiger partial charge in [0.25, 0.3) is 0 Å². The van der Waals surface area contributed by atoms with Gasteiger partial charge < -0.3 is 14.6 Å². The summed E-state index contributed by atoms with van der Waals surface area (Å²) in [4.78, 5) is 0. The molecule has 1 rings (SSSR count). The van der Waals surface area contributed by atoms with Crippen molar-refractivity contribution < 1.29 is 27.8 Å². The number of halogens is 3. The highest BCUT2D eigenvalue weighted by molar-refractivity contribution is 5.47. The van der Waals surface area contributed by atoms with E-state index in [0.717, 1.165) is 6.07 Å². The van der Waals surface area contributed by atoms with Gasteiger partial charge in [-0.25, -0.2) is 0 Å². The Bertz CT molecular complexity index is 363. The smallest absolute Gasteiger partial charge is 0.418 e. The van der Waals surface area contributed by atoms with Crippen LogP contribution in [0.3, 0.4) is 0 Å². The van der Waals surface area contributed by atoms with Crippen molar-refractivity contribution >= 4 is 0 Å². The van der Waals surface area contributed by atoms with Crippen molar-refractivity contribution in [2.75, 3.05) is 14.2 Å². The van der Waals surface area contributed by atoms with E-state index in [-0.39, 0.29) is 17.1 Å². The zero-order valence-corrected chi connectivity index (χ0v) is 8.71. The number of para-hydroxylation sites is 1. The first-order valence-electron chi connectivity index (χ1n) is 4.37.